The molecule has 0 heterocycles. The van der Waals surface area contributed by atoms with E-state index in [4.69, 9.17) is 9.47 Å². The molecule has 0 fully saturated rings. The Morgan fingerprint density at radius 3 is 2.26 bits per heavy atom. The molecule has 188 valence electrons. The van der Waals surface area contributed by atoms with Crippen LogP contribution in [0.3, 0.4) is 0 Å². The Hall–Kier alpha value is -3.28. The molecule has 0 bridgehead atoms. The van der Waals surface area contributed by atoms with E-state index in [0.29, 0.717) is 18.8 Å². The summed E-state index contributed by atoms with van der Waals surface area (Å²) in [5.41, 5.74) is 1.24. The molecular weight excluding hydrogens is 440 g/mol. The van der Waals surface area contributed by atoms with Crippen LogP contribution in [0.2, 0.25) is 0 Å². The highest BCUT2D eigenvalue weighted by molar-refractivity contribution is 6.12. The van der Waals surface area contributed by atoms with Crippen LogP contribution in [0.15, 0.2) is 42.5 Å². The van der Waals surface area contributed by atoms with Gasteiger partial charge >= 0.3 is 6.09 Å². The molecule has 1 unspecified atom stereocenters. The first-order valence-corrected chi connectivity index (χ1v) is 12.4. The van der Waals surface area contributed by atoms with E-state index in [1.807, 2.05) is 30.3 Å². The van der Waals surface area contributed by atoms with Crippen LogP contribution in [0.25, 0.3) is 21.5 Å². The molecule has 0 saturated heterocycles. The minimum Gasteiger partial charge on any atom is -0.495 e. The van der Waals surface area contributed by atoms with Crippen LogP contribution in [0, 0.1) is 11.3 Å². The Morgan fingerprint density at radius 2 is 1.63 bits per heavy atom. The number of fused-ring (bicyclic) bond motifs is 2. The quantitative estimate of drug-likeness (QED) is 0.339. The Kier molecular flexibility index (Phi) is 8.60. The molecule has 2 N–H and O–H groups in total. The number of ether oxygens (including phenoxy) is 2. The molecular formula is C29H38N2O4. The van der Waals surface area contributed by atoms with Gasteiger partial charge in [-0.05, 0) is 42.2 Å². The zero-order valence-corrected chi connectivity index (χ0v) is 21.8. The Morgan fingerprint density at radius 1 is 0.971 bits per heavy atom. The molecule has 0 saturated carbocycles. The normalized spacial score (nSPS) is 12.4. The van der Waals surface area contributed by atoms with Gasteiger partial charge in [0, 0.05) is 41.6 Å². The second kappa shape index (κ2) is 11.4. The first kappa shape index (κ1) is 26.3. The van der Waals surface area contributed by atoms with Crippen molar-refractivity contribution >= 4 is 33.5 Å². The summed E-state index contributed by atoms with van der Waals surface area (Å²) in [5, 5.41) is 9.33. The number of rotatable bonds is 10. The Bertz CT molecular complexity index is 1200. The van der Waals surface area contributed by atoms with Crippen molar-refractivity contribution in [3.63, 3.8) is 0 Å². The van der Waals surface area contributed by atoms with Gasteiger partial charge in [0.15, 0.2) is 0 Å². The van der Waals surface area contributed by atoms with Gasteiger partial charge in [-0.25, -0.2) is 4.79 Å². The zero-order chi connectivity index (χ0) is 25.6. The van der Waals surface area contributed by atoms with Crippen molar-refractivity contribution in [3.05, 3.63) is 48.0 Å². The molecule has 1 atom stereocenters. The van der Waals surface area contributed by atoms with Crippen molar-refractivity contribution in [1.82, 2.24) is 10.6 Å². The average molecular weight is 479 g/mol. The van der Waals surface area contributed by atoms with Crippen molar-refractivity contribution in [2.75, 3.05) is 20.2 Å². The van der Waals surface area contributed by atoms with Gasteiger partial charge in [-0.2, -0.15) is 0 Å². The van der Waals surface area contributed by atoms with Crippen LogP contribution >= 0.6 is 0 Å². The van der Waals surface area contributed by atoms with Crippen molar-refractivity contribution in [1.29, 1.82) is 0 Å². The van der Waals surface area contributed by atoms with E-state index in [9.17, 15) is 9.59 Å². The zero-order valence-electron chi connectivity index (χ0n) is 21.8. The van der Waals surface area contributed by atoms with Gasteiger partial charge in [0.05, 0.1) is 7.11 Å². The maximum atomic E-state index is 12.9. The van der Waals surface area contributed by atoms with Crippen LogP contribution in [-0.2, 0) is 11.2 Å². The molecule has 0 aromatic heterocycles. The number of benzene rings is 3. The summed E-state index contributed by atoms with van der Waals surface area (Å²) >= 11 is 0. The molecule has 6 nitrogen and oxygen atoms in total. The predicted molar refractivity (Wildman–Crippen MR) is 142 cm³/mol. The van der Waals surface area contributed by atoms with Gasteiger partial charge < -0.3 is 20.1 Å². The van der Waals surface area contributed by atoms with Crippen LogP contribution in [0.1, 0.15) is 53.0 Å². The van der Waals surface area contributed by atoms with Crippen molar-refractivity contribution in [2.24, 2.45) is 11.3 Å². The number of hydrogen-bond acceptors (Lipinski definition) is 4. The molecule has 6 heteroatoms. The number of methoxy groups -OCH3 is 1. The third-order valence-corrected chi connectivity index (χ3v) is 6.47. The summed E-state index contributed by atoms with van der Waals surface area (Å²) in [6.45, 7) is 11.3. The second-order valence-electron chi connectivity index (χ2n) is 10.1. The van der Waals surface area contributed by atoms with Crippen LogP contribution in [-0.4, -0.2) is 32.2 Å². The van der Waals surface area contributed by atoms with Crippen molar-refractivity contribution in [3.8, 4) is 11.5 Å². The fraction of sp³-hybridized carbons (Fsp3) is 0.448. The third-order valence-electron chi connectivity index (χ3n) is 6.47. The first-order chi connectivity index (χ1) is 16.6. The highest BCUT2D eigenvalue weighted by Crippen LogP contribution is 2.43. The molecule has 3 rings (SSSR count). The van der Waals surface area contributed by atoms with E-state index in [1.165, 1.54) is 12.5 Å². The summed E-state index contributed by atoms with van der Waals surface area (Å²) in [6, 6.07) is 14.0. The molecule has 0 aliphatic carbocycles. The smallest absolute Gasteiger partial charge is 0.412 e. The Labute approximate surface area is 208 Å². The molecule has 3 aromatic carbocycles. The van der Waals surface area contributed by atoms with E-state index >= 15 is 0 Å². The number of hydrogen-bond donors (Lipinski definition) is 2. The van der Waals surface area contributed by atoms with E-state index in [2.05, 4.69) is 50.5 Å². The summed E-state index contributed by atoms with van der Waals surface area (Å²) in [7, 11) is 1.67. The largest absolute Gasteiger partial charge is 0.495 e. The van der Waals surface area contributed by atoms with Crippen LogP contribution in [0.4, 0.5) is 4.79 Å². The fourth-order valence-electron chi connectivity index (χ4n) is 4.78. The van der Waals surface area contributed by atoms with Crippen LogP contribution < -0.4 is 20.1 Å². The molecule has 2 amide bonds. The third kappa shape index (κ3) is 6.65. The number of carbonyl (C=O) groups excluding carboxylic acids is 2. The van der Waals surface area contributed by atoms with E-state index < -0.39 is 6.09 Å². The van der Waals surface area contributed by atoms with Gasteiger partial charge in [0.1, 0.15) is 11.5 Å². The SMILES string of the molecule is CCc1ccc2c(OC(=O)NCC(C)CC(C)(C)CCNC(C)=O)c3ccccc3c(OC)c2c1. The summed E-state index contributed by atoms with van der Waals surface area (Å²) < 4.78 is 11.7. The maximum Gasteiger partial charge on any atom is 0.412 e. The van der Waals surface area contributed by atoms with Gasteiger partial charge in [-0.1, -0.05) is 64.1 Å². The van der Waals surface area contributed by atoms with Gasteiger partial charge in [-0.3, -0.25) is 4.79 Å². The number of amides is 2. The van der Waals surface area contributed by atoms with E-state index in [0.717, 1.165) is 46.6 Å². The lowest BCUT2D eigenvalue weighted by atomic mass is 9.80. The summed E-state index contributed by atoms with van der Waals surface area (Å²) in [5.74, 6) is 1.57. The second-order valence-corrected chi connectivity index (χ2v) is 10.1. The highest BCUT2D eigenvalue weighted by atomic mass is 16.6. The molecule has 0 aliphatic rings. The molecule has 35 heavy (non-hydrogen) atoms. The maximum absolute atomic E-state index is 12.9. The van der Waals surface area contributed by atoms with E-state index in [-0.39, 0.29) is 17.2 Å². The highest BCUT2D eigenvalue weighted by Gasteiger charge is 2.22. The lowest BCUT2D eigenvalue weighted by Crippen LogP contribution is -2.33. The molecule has 0 aliphatic heterocycles. The number of nitrogens with one attached hydrogen (secondary N) is 2. The van der Waals surface area contributed by atoms with E-state index in [1.54, 1.807) is 7.11 Å². The lowest BCUT2D eigenvalue weighted by molar-refractivity contribution is -0.119. The topological polar surface area (TPSA) is 76.7 Å². The first-order valence-electron chi connectivity index (χ1n) is 12.4. The van der Waals surface area contributed by atoms with Crippen molar-refractivity contribution in [2.45, 2.75) is 53.9 Å². The monoisotopic (exact) mass is 478 g/mol. The minimum atomic E-state index is -0.468. The van der Waals surface area contributed by atoms with Gasteiger partial charge in [0.25, 0.3) is 0 Å². The van der Waals surface area contributed by atoms with Gasteiger partial charge in [-0.15, -0.1) is 0 Å². The lowest BCUT2D eigenvalue weighted by Gasteiger charge is -2.28. The molecule has 3 aromatic rings. The number of aryl methyl sites for hydroxylation is 1. The Balaban J connectivity index is 1.76. The summed E-state index contributed by atoms with van der Waals surface area (Å²) in [6.07, 6.45) is 2.23. The molecule has 0 radical (unpaired) electrons. The summed E-state index contributed by atoms with van der Waals surface area (Å²) in [4.78, 5) is 24.0. The molecule has 0 spiro atoms. The van der Waals surface area contributed by atoms with Crippen molar-refractivity contribution < 1.29 is 19.1 Å². The van der Waals surface area contributed by atoms with Gasteiger partial charge in [0.2, 0.25) is 5.91 Å². The predicted octanol–water partition coefficient (Wildman–Crippen LogP) is 6.23. The minimum absolute atomic E-state index is 0.0113. The average Bonchev–Trinajstić information content (AvgIpc) is 2.81. The standard InChI is InChI=1S/C29H38N2O4/c1-7-21-12-13-24-25(16-21)26(34-6)22-10-8-9-11-23(22)27(24)35-28(33)31-18-19(2)17-29(4,5)14-15-30-20(3)32/h8-13,16,19H,7,14-15,17-18H2,1-6H3,(H,30,32)(H,31,33). The number of carbonyl (C=O) groups is 2. The van der Waals surface area contributed by atoms with Crippen LogP contribution in [0.5, 0.6) is 11.5 Å². The fourth-order valence-corrected chi connectivity index (χ4v) is 4.78.